The third-order valence-corrected chi connectivity index (χ3v) is 4.29. The zero-order chi connectivity index (χ0) is 14.5. The molecule has 0 heterocycles. The van der Waals surface area contributed by atoms with Crippen molar-refractivity contribution in [2.45, 2.75) is 43.9 Å². The fourth-order valence-corrected chi connectivity index (χ4v) is 3.44. The summed E-state index contributed by atoms with van der Waals surface area (Å²) in [5, 5.41) is 8.74. The second-order valence-corrected chi connectivity index (χ2v) is 6.36. The second-order valence-electron chi connectivity index (χ2n) is 4.60. The van der Waals surface area contributed by atoms with Gasteiger partial charge < -0.3 is 5.11 Å². The highest BCUT2D eigenvalue weighted by atomic mass is 35.5. The quantitative estimate of drug-likeness (QED) is 0.600. The predicted octanol–water partition coefficient (Wildman–Crippen LogP) is 2.99. The van der Waals surface area contributed by atoms with E-state index in [-0.39, 0.29) is 16.5 Å². The molecule has 0 fully saturated rings. The van der Waals surface area contributed by atoms with E-state index in [4.69, 9.17) is 16.7 Å². The third-order valence-electron chi connectivity index (χ3n) is 2.88. The van der Waals surface area contributed by atoms with Gasteiger partial charge in [-0.05, 0) is 43.4 Å². The summed E-state index contributed by atoms with van der Waals surface area (Å²) < 4.78 is 32.0. The maximum Gasteiger partial charge on any atom is 0.296 e. The fraction of sp³-hybridized carbons (Fsp3) is 0.538. The van der Waals surface area contributed by atoms with Crippen LogP contribution in [0.3, 0.4) is 0 Å². The summed E-state index contributed by atoms with van der Waals surface area (Å²) in [5.74, 6) is 0. The van der Waals surface area contributed by atoms with Crippen molar-refractivity contribution < 1.29 is 18.1 Å². The summed E-state index contributed by atoms with van der Waals surface area (Å²) in [5.41, 5.74) is 1.42. The van der Waals surface area contributed by atoms with Gasteiger partial charge in [0.15, 0.2) is 0 Å². The van der Waals surface area contributed by atoms with Crippen LogP contribution in [0.5, 0.6) is 0 Å². The van der Waals surface area contributed by atoms with E-state index in [1.165, 1.54) is 6.07 Å². The SMILES string of the molecule is Cc1cc(Cl)c(S(=O)(=O)O)c(CCCCCCO)c1. The lowest BCUT2D eigenvalue weighted by Gasteiger charge is -2.10. The van der Waals surface area contributed by atoms with Crippen LogP contribution in [0.2, 0.25) is 5.02 Å². The number of aliphatic hydroxyl groups is 1. The van der Waals surface area contributed by atoms with Crippen LogP contribution in [-0.2, 0) is 16.5 Å². The van der Waals surface area contributed by atoms with Gasteiger partial charge in [0, 0.05) is 6.61 Å². The Kier molecular flexibility index (Phi) is 6.26. The first-order chi connectivity index (χ1) is 8.86. The zero-order valence-corrected chi connectivity index (χ0v) is 12.5. The molecule has 1 rings (SSSR count). The lowest BCUT2D eigenvalue weighted by molar-refractivity contribution is 0.282. The lowest BCUT2D eigenvalue weighted by Crippen LogP contribution is -2.05. The van der Waals surface area contributed by atoms with Crippen molar-refractivity contribution in [1.82, 2.24) is 0 Å². The van der Waals surface area contributed by atoms with Crippen molar-refractivity contribution in [3.8, 4) is 0 Å². The number of hydrogen-bond acceptors (Lipinski definition) is 3. The van der Waals surface area contributed by atoms with E-state index in [0.717, 1.165) is 31.2 Å². The zero-order valence-electron chi connectivity index (χ0n) is 10.9. The van der Waals surface area contributed by atoms with Gasteiger partial charge in [-0.3, -0.25) is 4.55 Å². The van der Waals surface area contributed by atoms with Gasteiger partial charge in [-0.15, -0.1) is 0 Å². The summed E-state index contributed by atoms with van der Waals surface area (Å²) in [6.45, 7) is 2.00. The van der Waals surface area contributed by atoms with Gasteiger partial charge in [-0.1, -0.05) is 30.5 Å². The molecule has 0 atom stereocenters. The molecular weight excluding hydrogens is 288 g/mol. The summed E-state index contributed by atoms with van der Waals surface area (Å²) in [6.07, 6.45) is 3.89. The molecule has 0 aliphatic carbocycles. The largest absolute Gasteiger partial charge is 0.396 e. The Bertz CT molecular complexity index is 526. The van der Waals surface area contributed by atoms with Crippen LogP contribution in [0.4, 0.5) is 0 Å². The molecule has 2 N–H and O–H groups in total. The predicted molar refractivity (Wildman–Crippen MR) is 75.3 cm³/mol. The van der Waals surface area contributed by atoms with Crippen LogP contribution in [0.25, 0.3) is 0 Å². The molecule has 0 amide bonds. The van der Waals surface area contributed by atoms with Crippen LogP contribution >= 0.6 is 11.6 Å². The topological polar surface area (TPSA) is 74.6 Å². The van der Waals surface area contributed by atoms with Crippen molar-refractivity contribution in [3.05, 3.63) is 28.3 Å². The molecule has 0 aliphatic rings. The van der Waals surface area contributed by atoms with Gasteiger partial charge in [0.1, 0.15) is 4.90 Å². The number of rotatable bonds is 7. The lowest BCUT2D eigenvalue weighted by atomic mass is 10.0. The van der Waals surface area contributed by atoms with Crippen LogP contribution in [0.15, 0.2) is 17.0 Å². The Morgan fingerprint density at radius 2 is 1.79 bits per heavy atom. The maximum absolute atomic E-state index is 11.4. The molecule has 1 aromatic carbocycles. The van der Waals surface area contributed by atoms with E-state index in [1.807, 2.05) is 6.92 Å². The molecule has 0 aliphatic heterocycles. The number of halogens is 1. The normalized spacial score (nSPS) is 11.8. The average Bonchev–Trinajstić information content (AvgIpc) is 2.25. The second kappa shape index (κ2) is 7.24. The molecule has 0 saturated carbocycles. The van der Waals surface area contributed by atoms with Gasteiger partial charge >= 0.3 is 0 Å². The minimum Gasteiger partial charge on any atom is -0.396 e. The van der Waals surface area contributed by atoms with E-state index in [0.29, 0.717) is 12.0 Å². The standard InChI is InChI=1S/C13H19ClO4S/c1-10-8-11(6-4-2-3-5-7-15)13(12(14)9-10)19(16,17)18/h8-9,15H,2-7H2,1H3,(H,16,17,18). The Morgan fingerprint density at radius 1 is 1.16 bits per heavy atom. The highest BCUT2D eigenvalue weighted by Gasteiger charge is 2.19. The Balaban J connectivity index is 2.87. The number of aryl methyl sites for hydroxylation is 2. The van der Waals surface area contributed by atoms with E-state index in [9.17, 15) is 13.0 Å². The number of unbranched alkanes of at least 4 members (excludes halogenated alkanes) is 3. The first-order valence-electron chi connectivity index (χ1n) is 6.23. The highest BCUT2D eigenvalue weighted by Crippen LogP contribution is 2.28. The minimum absolute atomic E-state index is 0.0628. The molecule has 0 aromatic heterocycles. The average molecular weight is 307 g/mol. The third kappa shape index (κ3) is 5.10. The molecule has 0 spiro atoms. The molecule has 0 unspecified atom stereocenters. The van der Waals surface area contributed by atoms with E-state index in [2.05, 4.69) is 0 Å². The maximum atomic E-state index is 11.4. The van der Waals surface area contributed by atoms with E-state index < -0.39 is 10.1 Å². The molecule has 0 radical (unpaired) electrons. The molecule has 6 heteroatoms. The molecule has 0 bridgehead atoms. The summed E-state index contributed by atoms with van der Waals surface area (Å²) in [6, 6.07) is 3.26. The van der Waals surface area contributed by atoms with Gasteiger partial charge in [0.05, 0.1) is 5.02 Å². The fourth-order valence-electron chi connectivity index (χ4n) is 2.06. The molecule has 19 heavy (non-hydrogen) atoms. The number of aliphatic hydroxyl groups excluding tert-OH is 1. The summed E-state index contributed by atoms with van der Waals surface area (Å²) >= 11 is 5.91. The Labute approximate surface area is 119 Å². The van der Waals surface area contributed by atoms with Crippen molar-refractivity contribution in [3.63, 3.8) is 0 Å². The summed E-state index contributed by atoms with van der Waals surface area (Å²) in [7, 11) is -4.30. The first-order valence-corrected chi connectivity index (χ1v) is 8.05. The van der Waals surface area contributed by atoms with Crippen molar-refractivity contribution in [2.24, 2.45) is 0 Å². The summed E-state index contributed by atoms with van der Waals surface area (Å²) in [4.78, 5) is -0.179. The molecule has 4 nitrogen and oxygen atoms in total. The van der Waals surface area contributed by atoms with E-state index in [1.54, 1.807) is 6.07 Å². The van der Waals surface area contributed by atoms with Gasteiger partial charge in [0.2, 0.25) is 0 Å². The minimum atomic E-state index is -4.30. The first kappa shape index (κ1) is 16.4. The number of benzene rings is 1. The molecule has 1 aromatic rings. The van der Waals surface area contributed by atoms with Crippen molar-refractivity contribution >= 4 is 21.7 Å². The van der Waals surface area contributed by atoms with Crippen molar-refractivity contribution in [1.29, 1.82) is 0 Å². The molecule has 108 valence electrons. The van der Waals surface area contributed by atoms with Crippen LogP contribution in [-0.4, -0.2) is 24.7 Å². The van der Waals surface area contributed by atoms with Gasteiger partial charge in [-0.25, -0.2) is 0 Å². The van der Waals surface area contributed by atoms with Crippen LogP contribution < -0.4 is 0 Å². The van der Waals surface area contributed by atoms with Gasteiger partial charge in [0.25, 0.3) is 10.1 Å². The van der Waals surface area contributed by atoms with Gasteiger partial charge in [-0.2, -0.15) is 8.42 Å². The van der Waals surface area contributed by atoms with Crippen LogP contribution in [0.1, 0.15) is 36.8 Å². The Morgan fingerprint density at radius 3 is 2.37 bits per heavy atom. The Hall–Kier alpha value is -0.620. The molecular formula is C13H19ClO4S. The highest BCUT2D eigenvalue weighted by molar-refractivity contribution is 7.86. The number of hydrogen-bond donors (Lipinski definition) is 2. The monoisotopic (exact) mass is 306 g/mol. The smallest absolute Gasteiger partial charge is 0.296 e. The van der Waals surface area contributed by atoms with Crippen molar-refractivity contribution in [2.75, 3.05) is 6.61 Å². The van der Waals surface area contributed by atoms with E-state index >= 15 is 0 Å². The van der Waals surface area contributed by atoms with Crippen LogP contribution in [0, 0.1) is 6.92 Å². The molecule has 0 saturated heterocycles.